The molecular formula is C7H12AlO4. The predicted octanol–water partition coefficient (Wildman–Crippen LogP) is 0.649. The Morgan fingerprint density at radius 1 is 1.50 bits per heavy atom. The van der Waals surface area contributed by atoms with Crippen molar-refractivity contribution in [1.29, 1.82) is 0 Å². The van der Waals surface area contributed by atoms with Crippen molar-refractivity contribution in [3.63, 3.8) is 0 Å². The molecule has 4 nitrogen and oxygen atoms in total. The summed E-state index contributed by atoms with van der Waals surface area (Å²) in [6.45, 7) is 3.83. The van der Waals surface area contributed by atoms with Gasteiger partial charge in [-0.3, -0.25) is 0 Å². The molecule has 0 bridgehead atoms. The second-order valence-electron chi connectivity index (χ2n) is 2.24. The molecule has 0 saturated heterocycles. The van der Waals surface area contributed by atoms with Gasteiger partial charge in [0.1, 0.15) is 0 Å². The number of hydrogen-bond acceptors (Lipinski definition) is 4. The number of hydrogen-bond donors (Lipinski definition) is 0. The van der Waals surface area contributed by atoms with E-state index < -0.39 is 21.9 Å². The standard InChI is InChI=1S/C4H6O3.C3H7O.Al/c1-7-4(6)2-3-5;1-3(2)4;/h2-3,5H,1H3;3H,1-2H3;/q;-1;+2/p-1. The van der Waals surface area contributed by atoms with Crippen LogP contribution in [0, 0.1) is 0 Å². The van der Waals surface area contributed by atoms with E-state index in [-0.39, 0.29) is 6.10 Å². The van der Waals surface area contributed by atoms with Crippen LogP contribution in [0.1, 0.15) is 13.8 Å². The quantitative estimate of drug-likeness (QED) is 0.208. The average Bonchev–Trinajstić information content (AvgIpc) is 2.03. The minimum absolute atomic E-state index is 0.159. The molecule has 12 heavy (non-hydrogen) atoms. The molecule has 1 radical (unpaired) electrons. The van der Waals surface area contributed by atoms with Crippen molar-refractivity contribution in [2.45, 2.75) is 20.0 Å². The van der Waals surface area contributed by atoms with Gasteiger partial charge >= 0.3 is 21.9 Å². The molecule has 67 valence electrons. The molecule has 0 heterocycles. The van der Waals surface area contributed by atoms with Gasteiger partial charge in [0.15, 0.2) is 0 Å². The van der Waals surface area contributed by atoms with Gasteiger partial charge in [-0.05, 0) is 13.8 Å². The van der Waals surface area contributed by atoms with Gasteiger partial charge in [-0.15, -0.1) is 0 Å². The number of methoxy groups -OCH3 is 1. The maximum absolute atomic E-state index is 10.5. The summed E-state index contributed by atoms with van der Waals surface area (Å²) in [7, 11) is 1.31. The summed E-state index contributed by atoms with van der Waals surface area (Å²) in [5.41, 5.74) is 0. The summed E-state index contributed by atoms with van der Waals surface area (Å²) in [6.07, 6.45) is 2.65. The van der Waals surface area contributed by atoms with Crippen LogP contribution in [0.25, 0.3) is 0 Å². The van der Waals surface area contributed by atoms with Crippen molar-refractivity contribution in [2.75, 3.05) is 7.11 Å². The van der Waals surface area contributed by atoms with Gasteiger partial charge in [-0.2, -0.15) is 0 Å². The molecule has 0 aliphatic heterocycles. The number of ether oxygens (including phenoxy) is 1. The van der Waals surface area contributed by atoms with Gasteiger partial charge < -0.3 is 12.3 Å². The lowest BCUT2D eigenvalue weighted by molar-refractivity contribution is -0.134. The molecule has 0 fully saturated rings. The Kier molecular flexibility index (Phi) is 6.87. The van der Waals surface area contributed by atoms with E-state index in [0.717, 1.165) is 0 Å². The molecule has 0 saturated carbocycles. The van der Waals surface area contributed by atoms with Crippen LogP contribution in [-0.4, -0.2) is 35.1 Å². The Bertz CT molecular complexity index is 155. The maximum Gasteiger partial charge on any atom is 0.774 e. The molecule has 0 aromatic carbocycles. The fraction of sp³-hybridized carbons (Fsp3) is 0.571. The van der Waals surface area contributed by atoms with Crippen molar-refractivity contribution in [1.82, 2.24) is 0 Å². The van der Waals surface area contributed by atoms with Gasteiger partial charge in [-0.25, -0.2) is 4.79 Å². The first-order chi connectivity index (χ1) is 5.66. The van der Waals surface area contributed by atoms with E-state index in [0.29, 0.717) is 0 Å². The second-order valence-corrected chi connectivity index (χ2v) is 2.98. The number of esters is 1. The SMILES string of the molecule is COC(=O)C=C[O][Al][O]C(C)C. The summed E-state index contributed by atoms with van der Waals surface area (Å²) in [4.78, 5) is 10.5. The van der Waals surface area contributed by atoms with Crippen LogP contribution in [0.2, 0.25) is 0 Å². The van der Waals surface area contributed by atoms with Crippen LogP contribution in [0.5, 0.6) is 0 Å². The normalized spacial score (nSPS) is 10.3. The number of carbonyl (C=O) groups excluding carboxylic acids is 1. The highest BCUT2D eigenvalue weighted by atomic mass is 27.2. The van der Waals surface area contributed by atoms with Gasteiger partial charge in [0.25, 0.3) is 0 Å². The van der Waals surface area contributed by atoms with E-state index >= 15 is 0 Å². The minimum Gasteiger partial charge on any atom is -0.631 e. The second kappa shape index (κ2) is 7.17. The molecule has 0 spiro atoms. The van der Waals surface area contributed by atoms with Crippen LogP contribution < -0.4 is 0 Å². The largest absolute Gasteiger partial charge is 0.774 e. The number of rotatable bonds is 5. The molecule has 0 aliphatic rings. The molecule has 0 rings (SSSR count). The van der Waals surface area contributed by atoms with Crippen LogP contribution in [0.4, 0.5) is 0 Å². The highest BCUT2D eigenvalue weighted by molar-refractivity contribution is 6.18. The fourth-order valence-electron chi connectivity index (χ4n) is 0.338. The summed E-state index contributed by atoms with van der Waals surface area (Å²) in [6, 6.07) is 0. The van der Waals surface area contributed by atoms with E-state index in [4.69, 9.17) is 7.58 Å². The summed E-state index contributed by atoms with van der Waals surface area (Å²) in [5, 5.41) is 0. The van der Waals surface area contributed by atoms with Gasteiger partial charge in [0, 0.05) is 6.10 Å². The lowest BCUT2D eigenvalue weighted by Gasteiger charge is -2.04. The zero-order valence-electron chi connectivity index (χ0n) is 7.44. The van der Waals surface area contributed by atoms with Crippen molar-refractivity contribution < 1.29 is 17.1 Å². The fourth-order valence-corrected chi connectivity index (χ4v) is 0.767. The molecule has 0 aliphatic carbocycles. The number of carbonyl (C=O) groups is 1. The zero-order chi connectivity index (χ0) is 9.40. The third-order valence-electron chi connectivity index (χ3n) is 0.867. The predicted molar refractivity (Wildman–Crippen MR) is 44.2 cm³/mol. The van der Waals surface area contributed by atoms with E-state index in [2.05, 4.69) is 4.74 Å². The van der Waals surface area contributed by atoms with Crippen LogP contribution in [-0.2, 0) is 17.1 Å². The van der Waals surface area contributed by atoms with E-state index in [9.17, 15) is 4.79 Å². The molecule has 0 aromatic rings. The van der Waals surface area contributed by atoms with Crippen molar-refractivity contribution in [3.05, 3.63) is 12.3 Å². The summed E-state index contributed by atoms with van der Waals surface area (Å²) >= 11 is -0.531. The third-order valence-corrected chi connectivity index (χ3v) is 1.79. The van der Waals surface area contributed by atoms with E-state index in [1.165, 1.54) is 19.4 Å². The van der Waals surface area contributed by atoms with Gasteiger partial charge in [-0.1, -0.05) is 0 Å². The molecule has 0 N–H and O–H groups in total. The smallest absolute Gasteiger partial charge is 0.631 e. The molecule has 0 atom stereocenters. The summed E-state index contributed by atoms with van der Waals surface area (Å²) < 4.78 is 14.4. The highest BCUT2D eigenvalue weighted by Crippen LogP contribution is 1.86. The Morgan fingerprint density at radius 3 is 2.67 bits per heavy atom. The van der Waals surface area contributed by atoms with Crippen molar-refractivity contribution >= 4 is 21.9 Å². The zero-order valence-corrected chi connectivity index (χ0v) is 8.60. The highest BCUT2D eigenvalue weighted by Gasteiger charge is 2.00. The Hall–Kier alpha value is -0.498. The first-order valence-corrected chi connectivity index (χ1v) is 4.48. The average molecular weight is 187 g/mol. The molecule has 0 unspecified atom stereocenters. The van der Waals surface area contributed by atoms with Gasteiger partial charge in [0.2, 0.25) is 0 Å². The van der Waals surface area contributed by atoms with Crippen LogP contribution >= 0.6 is 0 Å². The Labute approximate surface area is 78.9 Å². The minimum atomic E-state index is -0.531. The van der Waals surface area contributed by atoms with Crippen molar-refractivity contribution in [2.24, 2.45) is 0 Å². The van der Waals surface area contributed by atoms with Crippen molar-refractivity contribution in [3.8, 4) is 0 Å². The first-order valence-electron chi connectivity index (χ1n) is 3.54. The lowest BCUT2D eigenvalue weighted by Crippen LogP contribution is -2.08. The van der Waals surface area contributed by atoms with Crippen LogP contribution in [0.15, 0.2) is 12.3 Å². The van der Waals surface area contributed by atoms with Gasteiger partial charge in [0.05, 0.1) is 19.4 Å². The molecule has 5 heteroatoms. The first kappa shape index (κ1) is 11.5. The van der Waals surface area contributed by atoms with E-state index in [1.807, 2.05) is 13.8 Å². The maximum atomic E-state index is 10.5. The molecular weight excluding hydrogens is 175 g/mol. The molecule has 0 amide bonds. The van der Waals surface area contributed by atoms with Crippen LogP contribution in [0.3, 0.4) is 0 Å². The Balaban J connectivity index is 3.30. The monoisotopic (exact) mass is 187 g/mol. The molecule has 0 aromatic heterocycles. The Morgan fingerprint density at radius 2 is 2.17 bits per heavy atom. The summed E-state index contributed by atoms with van der Waals surface area (Å²) in [5.74, 6) is -0.432. The topological polar surface area (TPSA) is 44.8 Å². The third kappa shape index (κ3) is 7.61. The lowest BCUT2D eigenvalue weighted by atomic mass is 10.5. The van der Waals surface area contributed by atoms with E-state index in [1.54, 1.807) is 0 Å².